The number of aromatic nitrogens is 2. The Balaban J connectivity index is 2.07. The van der Waals surface area contributed by atoms with Gasteiger partial charge in [0.1, 0.15) is 16.8 Å². The lowest BCUT2D eigenvalue weighted by atomic mass is 10.1. The van der Waals surface area contributed by atoms with Crippen molar-refractivity contribution in [1.29, 1.82) is 5.26 Å². The Morgan fingerprint density at radius 3 is 2.80 bits per heavy atom. The lowest BCUT2D eigenvalue weighted by Gasteiger charge is -2.08. The number of para-hydroxylation sites is 1. The van der Waals surface area contributed by atoms with Crippen molar-refractivity contribution in [2.75, 3.05) is 7.11 Å². The van der Waals surface area contributed by atoms with Gasteiger partial charge in [-0.15, -0.1) is 11.3 Å². The van der Waals surface area contributed by atoms with E-state index in [0.717, 1.165) is 50.5 Å². The highest BCUT2D eigenvalue weighted by atomic mass is 32.1. The zero-order chi connectivity index (χ0) is 17.4. The van der Waals surface area contributed by atoms with Gasteiger partial charge >= 0.3 is 0 Å². The number of hydrogen-bond donors (Lipinski definition) is 0. The van der Waals surface area contributed by atoms with E-state index in [1.54, 1.807) is 18.4 Å². The normalized spacial score (nSPS) is 11.1. The summed E-state index contributed by atoms with van der Waals surface area (Å²) in [6.07, 6.45) is 0.976. The molecule has 4 aromatic rings. The molecule has 0 bridgehead atoms. The number of aryl methyl sites for hydroxylation is 1. The summed E-state index contributed by atoms with van der Waals surface area (Å²) in [5.74, 6) is 0.794. The summed E-state index contributed by atoms with van der Waals surface area (Å²) in [6.45, 7) is 2.97. The molecule has 0 spiro atoms. The molecule has 0 amide bonds. The molecule has 25 heavy (non-hydrogen) atoms. The van der Waals surface area contributed by atoms with Crippen molar-refractivity contribution in [3.8, 4) is 22.5 Å². The van der Waals surface area contributed by atoms with Crippen LogP contribution in [-0.2, 0) is 6.54 Å². The van der Waals surface area contributed by atoms with Crippen molar-refractivity contribution in [2.45, 2.75) is 19.9 Å². The lowest BCUT2D eigenvalue weighted by molar-refractivity contribution is 0.415. The number of benzene rings is 2. The molecule has 2 aromatic heterocycles. The Hall–Kier alpha value is -2.84. The average Bonchev–Trinajstić information content (AvgIpc) is 3.20. The first-order valence-electron chi connectivity index (χ1n) is 8.23. The zero-order valence-electron chi connectivity index (χ0n) is 14.1. The van der Waals surface area contributed by atoms with Crippen molar-refractivity contribution in [3.05, 3.63) is 48.0 Å². The summed E-state index contributed by atoms with van der Waals surface area (Å²) in [7, 11) is 1.66. The highest BCUT2D eigenvalue weighted by Crippen LogP contribution is 2.38. The first-order valence-corrected chi connectivity index (χ1v) is 9.04. The summed E-state index contributed by atoms with van der Waals surface area (Å²) in [6, 6.07) is 16.4. The van der Waals surface area contributed by atoms with Gasteiger partial charge in [0.05, 0.1) is 34.1 Å². The summed E-state index contributed by atoms with van der Waals surface area (Å²) in [5.41, 5.74) is 3.59. The van der Waals surface area contributed by atoms with Crippen molar-refractivity contribution >= 4 is 32.5 Å². The van der Waals surface area contributed by atoms with Gasteiger partial charge in [0.15, 0.2) is 0 Å². The number of rotatable bonds is 4. The molecule has 4 rings (SSSR count). The Labute approximate surface area is 149 Å². The standard InChI is InChI=1S/C20H17N3OS/c1-3-10-23-17-11-13(24-2)8-9-14(17)15(12-21)19(23)20-22-16-6-4-5-7-18(16)25-20/h4-9,11H,3,10H2,1-2H3. The maximum absolute atomic E-state index is 9.84. The monoisotopic (exact) mass is 347 g/mol. The second-order valence-electron chi connectivity index (χ2n) is 5.86. The van der Waals surface area contributed by atoms with Crippen LogP contribution in [0.15, 0.2) is 42.5 Å². The van der Waals surface area contributed by atoms with Crippen LogP contribution in [0.1, 0.15) is 18.9 Å². The third-order valence-corrected chi connectivity index (χ3v) is 5.37. The minimum Gasteiger partial charge on any atom is -0.497 e. The van der Waals surface area contributed by atoms with Crippen molar-refractivity contribution in [1.82, 2.24) is 9.55 Å². The predicted molar refractivity (Wildman–Crippen MR) is 102 cm³/mol. The van der Waals surface area contributed by atoms with Crippen molar-refractivity contribution in [3.63, 3.8) is 0 Å². The average molecular weight is 347 g/mol. The van der Waals surface area contributed by atoms with E-state index in [-0.39, 0.29) is 0 Å². The van der Waals surface area contributed by atoms with E-state index >= 15 is 0 Å². The number of nitrogens with zero attached hydrogens (tertiary/aromatic N) is 3. The maximum atomic E-state index is 9.84. The molecule has 124 valence electrons. The summed E-state index contributed by atoms with van der Waals surface area (Å²) in [4.78, 5) is 4.79. The topological polar surface area (TPSA) is 50.8 Å². The second-order valence-corrected chi connectivity index (χ2v) is 6.89. The quantitative estimate of drug-likeness (QED) is 0.509. The van der Waals surface area contributed by atoms with Gasteiger partial charge in [-0.05, 0) is 30.7 Å². The first kappa shape index (κ1) is 15.7. The Morgan fingerprint density at radius 2 is 2.08 bits per heavy atom. The van der Waals surface area contributed by atoms with Gasteiger partial charge in [-0.2, -0.15) is 5.26 Å². The molecule has 2 heterocycles. The minimum atomic E-state index is 0.685. The van der Waals surface area contributed by atoms with Crippen LogP contribution in [0, 0.1) is 11.3 Å². The molecule has 0 aliphatic carbocycles. The maximum Gasteiger partial charge on any atom is 0.142 e. The van der Waals surface area contributed by atoms with E-state index < -0.39 is 0 Å². The fraction of sp³-hybridized carbons (Fsp3) is 0.200. The third-order valence-electron chi connectivity index (χ3n) is 4.33. The van der Waals surface area contributed by atoms with Crippen LogP contribution in [-0.4, -0.2) is 16.7 Å². The molecule has 0 unspecified atom stereocenters. The van der Waals surface area contributed by atoms with Crippen LogP contribution in [0.3, 0.4) is 0 Å². The number of methoxy groups -OCH3 is 1. The molecule has 5 heteroatoms. The minimum absolute atomic E-state index is 0.685. The van der Waals surface area contributed by atoms with Crippen LogP contribution in [0.2, 0.25) is 0 Å². The number of fused-ring (bicyclic) bond motifs is 2. The van der Waals surface area contributed by atoms with Gasteiger partial charge in [0.2, 0.25) is 0 Å². The van der Waals surface area contributed by atoms with E-state index in [2.05, 4.69) is 23.6 Å². The van der Waals surface area contributed by atoms with Crippen LogP contribution < -0.4 is 4.74 Å². The van der Waals surface area contributed by atoms with Gasteiger partial charge in [-0.25, -0.2) is 4.98 Å². The molecule has 0 saturated carbocycles. The lowest BCUT2D eigenvalue weighted by Crippen LogP contribution is -1.99. The first-order chi connectivity index (χ1) is 12.3. The van der Waals surface area contributed by atoms with E-state index in [1.165, 1.54) is 0 Å². The third kappa shape index (κ3) is 2.46. The van der Waals surface area contributed by atoms with Gasteiger partial charge in [0, 0.05) is 18.0 Å². The van der Waals surface area contributed by atoms with Crippen LogP contribution in [0.4, 0.5) is 0 Å². The van der Waals surface area contributed by atoms with Gasteiger partial charge in [0.25, 0.3) is 0 Å². The molecule has 4 nitrogen and oxygen atoms in total. The molecule has 0 radical (unpaired) electrons. The van der Waals surface area contributed by atoms with E-state index in [0.29, 0.717) is 5.56 Å². The molecular weight excluding hydrogens is 330 g/mol. The summed E-state index contributed by atoms with van der Waals surface area (Å²) < 4.78 is 8.72. The van der Waals surface area contributed by atoms with Crippen LogP contribution in [0.25, 0.3) is 31.8 Å². The Kier molecular flexibility index (Phi) is 3.90. The zero-order valence-corrected chi connectivity index (χ0v) is 14.9. The second kappa shape index (κ2) is 6.23. The number of ether oxygens (including phenoxy) is 1. The van der Waals surface area contributed by atoms with Crippen LogP contribution in [0.5, 0.6) is 5.75 Å². The molecule has 0 fully saturated rings. The molecule has 0 N–H and O–H groups in total. The van der Waals surface area contributed by atoms with Gasteiger partial charge in [-0.3, -0.25) is 0 Å². The summed E-state index contributed by atoms with van der Waals surface area (Å²) in [5, 5.41) is 11.7. The smallest absolute Gasteiger partial charge is 0.142 e. The van der Waals surface area contributed by atoms with Gasteiger partial charge in [-0.1, -0.05) is 19.1 Å². The molecular formula is C20H17N3OS. The molecule has 0 saturated heterocycles. The number of nitriles is 1. The number of hydrogen-bond acceptors (Lipinski definition) is 4. The number of thiazole rings is 1. The predicted octanol–water partition coefficient (Wildman–Crippen LogP) is 5.21. The molecule has 0 atom stereocenters. The largest absolute Gasteiger partial charge is 0.497 e. The SMILES string of the molecule is CCCn1c(-c2nc3ccccc3s2)c(C#N)c2ccc(OC)cc21. The fourth-order valence-corrected chi connectivity index (χ4v) is 4.25. The van der Waals surface area contributed by atoms with Crippen molar-refractivity contribution < 1.29 is 4.74 Å². The fourth-order valence-electron chi connectivity index (χ4n) is 3.22. The van der Waals surface area contributed by atoms with Gasteiger partial charge < -0.3 is 9.30 Å². The molecule has 0 aliphatic rings. The highest BCUT2D eigenvalue weighted by molar-refractivity contribution is 7.21. The van der Waals surface area contributed by atoms with Crippen molar-refractivity contribution in [2.24, 2.45) is 0 Å². The Morgan fingerprint density at radius 1 is 1.24 bits per heavy atom. The van der Waals surface area contributed by atoms with E-state index in [4.69, 9.17) is 9.72 Å². The van der Waals surface area contributed by atoms with E-state index in [1.807, 2.05) is 36.4 Å². The summed E-state index contributed by atoms with van der Waals surface area (Å²) >= 11 is 1.63. The highest BCUT2D eigenvalue weighted by Gasteiger charge is 2.21. The van der Waals surface area contributed by atoms with E-state index in [9.17, 15) is 5.26 Å². The van der Waals surface area contributed by atoms with Crippen LogP contribution >= 0.6 is 11.3 Å². The molecule has 2 aromatic carbocycles. The Bertz CT molecular complexity index is 1080. The molecule has 0 aliphatic heterocycles.